The maximum atomic E-state index is 12.4. The fourth-order valence-electron chi connectivity index (χ4n) is 4.37. The molecule has 1 saturated carbocycles. The zero-order chi connectivity index (χ0) is 24.5. The Hall–Kier alpha value is -3.16. The van der Waals surface area contributed by atoms with E-state index in [0.717, 1.165) is 49.9 Å². The molecule has 0 unspecified atom stereocenters. The summed E-state index contributed by atoms with van der Waals surface area (Å²) < 4.78 is 3.93. The molecule has 0 atom stereocenters. The normalized spacial score (nSPS) is 13.3. The minimum Gasteiger partial charge on any atom is -0.369 e. The van der Waals surface area contributed by atoms with E-state index in [2.05, 4.69) is 50.4 Å². The zero-order valence-electron chi connectivity index (χ0n) is 21.0. The quantitative estimate of drug-likeness (QED) is 0.314. The van der Waals surface area contributed by atoms with Crippen LogP contribution in [-0.4, -0.2) is 37.0 Å². The van der Waals surface area contributed by atoms with Crippen molar-refractivity contribution in [3.8, 4) is 0 Å². The summed E-state index contributed by atoms with van der Waals surface area (Å²) in [6.07, 6.45) is 16.5. The zero-order valence-corrected chi connectivity index (χ0v) is 21.0. The molecule has 0 radical (unpaired) electrons. The van der Waals surface area contributed by atoms with Crippen LogP contribution >= 0.6 is 0 Å². The number of rotatable bonds is 15. The van der Waals surface area contributed by atoms with Crippen molar-refractivity contribution in [2.45, 2.75) is 90.1 Å². The van der Waals surface area contributed by atoms with Crippen LogP contribution in [0, 0.1) is 0 Å². The standard InChI is InChI=1S/C27H39N7O/c1-2-3-5-8-21-11-13-22(14-12-21)26(35)29-17-18-33-19-24(31-32-33)10-7-4-6-9-23-20-34(25-15-16-25)27(28)30-23/h11-14,19-20,25H,2-10,15-18H2,1H3,(H2,28,30)(H,29,35). The summed E-state index contributed by atoms with van der Waals surface area (Å²) in [6, 6.07) is 8.53. The number of unbranched alkanes of at least 4 members (excludes halogenated alkanes) is 4. The Balaban J connectivity index is 1.09. The van der Waals surface area contributed by atoms with Crippen LogP contribution in [-0.2, 0) is 25.8 Å². The fraction of sp³-hybridized carbons (Fsp3) is 0.556. The lowest BCUT2D eigenvalue weighted by molar-refractivity contribution is 0.0952. The number of nitrogens with zero attached hydrogens (tertiary/aromatic N) is 5. The van der Waals surface area contributed by atoms with E-state index in [-0.39, 0.29) is 5.91 Å². The molecule has 3 aromatic rings. The second-order valence-corrected chi connectivity index (χ2v) is 9.67. The van der Waals surface area contributed by atoms with Gasteiger partial charge in [-0.25, -0.2) is 4.98 Å². The fourth-order valence-corrected chi connectivity index (χ4v) is 4.37. The molecule has 1 fully saturated rings. The van der Waals surface area contributed by atoms with Crippen LogP contribution in [0.15, 0.2) is 36.7 Å². The highest BCUT2D eigenvalue weighted by Crippen LogP contribution is 2.36. The van der Waals surface area contributed by atoms with Gasteiger partial charge in [-0.05, 0) is 69.1 Å². The lowest BCUT2D eigenvalue weighted by atomic mass is 10.1. The van der Waals surface area contributed by atoms with Gasteiger partial charge >= 0.3 is 0 Å². The summed E-state index contributed by atoms with van der Waals surface area (Å²) >= 11 is 0. The molecule has 35 heavy (non-hydrogen) atoms. The van der Waals surface area contributed by atoms with Crippen molar-refractivity contribution in [3.63, 3.8) is 0 Å². The van der Waals surface area contributed by atoms with Crippen LogP contribution in [0.4, 0.5) is 5.95 Å². The molecule has 4 rings (SSSR count). The molecule has 2 aromatic heterocycles. The molecule has 1 aromatic carbocycles. The molecule has 1 aliphatic rings. The number of benzene rings is 1. The Morgan fingerprint density at radius 1 is 1.00 bits per heavy atom. The molecule has 188 valence electrons. The SMILES string of the molecule is CCCCCc1ccc(C(=O)NCCn2cc(CCCCCc3cn(C4CC4)c(N)n3)nn2)cc1. The number of anilines is 1. The van der Waals surface area contributed by atoms with Crippen molar-refractivity contribution in [3.05, 3.63) is 59.2 Å². The number of aryl methyl sites for hydroxylation is 3. The van der Waals surface area contributed by atoms with Gasteiger partial charge in [0.15, 0.2) is 0 Å². The molecule has 0 spiro atoms. The molecule has 0 bridgehead atoms. The van der Waals surface area contributed by atoms with E-state index in [4.69, 9.17) is 5.73 Å². The van der Waals surface area contributed by atoms with Crippen molar-refractivity contribution in [2.75, 3.05) is 12.3 Å². The highest BCUT2D eigenvalue weighted by Gasteiger charge is 2.25. The van der Waals surface area contributed by atoms with E-state index >= 15 is 0 Å². The second-order valence-electron chi connectivity index (χ2n) is 9.67. The van der Waals surface area contributed by atoms with Gasteiger partial charge < -0.3 is 15.6 Å². The van der Waals surface area contributed by atoms with Crippen LogP contribution in [0.25, 0.3) is 0 Å². The Morgan fingerprint density at radius 2 is 1.74 bits per heavy atom. The Labute approximate surface area is 208 Å². The number of nitrogen functional groups attached to an aromatic ring is 1. The highest BCUT2D eigenvalue weighted by atomic mass is 16.1. The molecule has 8 nitrogen and oxygen atoms in total. The highest BCUT2D eigenvalue weighted by molar-refractivity contribution is 5.94. The second kappa shape index (κ2) is 12.5. The van der Waals surface area contributed by atoms with Crippen LogP contribution in [0.3, 0.4) is 0 Å². The van der Waals surface area contributed by atoms with E-state index in [0.29, 0.717) is 30.6 Å². The summed E-state index contributed by atoms with van der Waals surface area (Å²) in [5.41, 5.74) is 10.1. The summed E-state index contributed by atoms with van der Waals surface area (Å²) in [7, 11) is 0. The third kappa shape index (κ3) is 7.67. The maximum absolute atomic E-state index is 12.4. The van der Waals surface area contributed by atoms with Crippen molar-refractivity contribution in [2.24, 2.45) is 0 Å². The third-order valence-electron chi connectivity index (χ3n) is 6.61. The van der Waals surface area contributed by atoms with Gasteiger partial charge in [-0.2, -0.15) is 0 Å². The molecule has 3 N–H and O–H groups in total. The summed E-state index contributed by atoms with van der Waals surface area (Å²) in [5, 5.41) is 11.5. The van der Waals surface area contributed by atoms with Gasteiger partial charge in [-0.15, -0.1) is 5.10 Å². The maximum Gasteiger partial charge on any atom is 0.251 e. The van der Waals surface area contributed by atoms with Crippen molar-refractivity contribution < 1.29 is 4.79 Å². The Kier molecular flexibility index (Phi) is 8.92. The number of nitrogens with one attached hydrogen (secondary N) is 1. The molecule has 0 saturated heterocycles. The lowest BCUT2D eigenvalue weighted by Crippen LogP contribution is -2.27. The van der Waals surface area contributed by atoms with E-state index in [1.807, 2.05) is 18.3 Å². The summed E-state index contributed by atoms with van der Waals surface area (Å²) in [5.74, 6) is 0.611. The number of amides is 1. The van der Waals surface area contributed by atoms with Gasteiger partial charge in [0.2, 0.25) is 5.95 Å². The van der Waals surface area contributed by atoms with E-state index in [1.54, 1.807) is 4.68 Å². The van der Waals surface area contributed by atoms with Gasteiger partial charge in [0.05, 0.1) is 17.9 Å². The topological polar surface area (TPSA) is 104 Å². The first-order valence-corrected chi connectivity index (χ1v) is 13.2. The van der Waals surface area contributed by atoms with Crippen molar-refractivity contribution in [1.29, 1.82) is 0 Å². The predicted octanol–water partition coefficient (Wildman–Crippen LogP) is 4.51. The summed E-state index contributed by atoms with van der Waals surface area (Å²) in [4.78, 5) is 16.9. The van der Waals surface area contributed by atoms with E-state index < -0.39 is 0 Å². The van der Waals surface area contributed by atoms with Crippen molar-refractivity contribution in [1.82, 2.24) is 29.9 Å². The monoisotopic (exact) mass is 477 g/mol. The summed E-state index contributed by atoms with van der Waals surface area (Å²) in [6.45, 7) is 3.34. The molecule has 2 heterocycles. The Bertz CT molecular complexity index is 1070. The molecular weight excluding hydrogens is 438 g/mol. The van der Waals surface area contributed by atoms with E-state index in [9.17, 15) is 4.79 Å². The first kappa shape index (κ1) is 24.9. The predicted molar refractivity (Wildman–Crippen MR) is 138 cm³/mol. The van der Waals surface area contributed by atoms with Gasteiger partial charge in [0.25, 0.3) is 5.91 Å². The average Bonchev–Trinajstić information content (AvgIpc) is 3.49. The number of carbonyl (C=O) groups is 1. The first-order chi connectivity index (χ1) is 17.1. The number of hydrogen-bond donors (Lipinski definition) is 2. The number of hydrogen-bond acceptors (Lipinski definition) is 5. The molecule has 8 heteroatoms. The Morgan fingerprint density at radius 3 is 2.49 bits per heavy atom. The van der Waals surface area contributed by atoms with Crippen LogP contribution in [0.1, 0.15) is 91.6 Å². The lowest BCUT2D eigenvalue weighted by Gasteiger charge is -2.06. The van der Waals surface area contributed by atoms with Crippen LogP contribution < -0.4 is 11.1 Å². The van der Waals surface area contributed by atoms with E-state index in [1.165, 1.54) is 37.7 Å². The minimum atomic E-state index is -0.0471. The van der Waals surface area contributed by atoms with Gasteiger partial charge in [0, 0.05) is 30.5 Å². The van der Waals surface area contributed by atoms with Gasteiger partial charge in [-0.3, -0.25) is 9.48 Å². The molecule has 1 aliphatic carbocycles. The molecule has 1 amide bonds. The van der Waals surface area contributed by atoms with Crippen molar-refractivity contribution >= 4 is 11.9 Å². The number of nitrogens with two attached hydrogens (primary N) is 1. The average molecular weight is 478 g/mol. The largest absolute Gasteiger partial charge is 0.369 e. The third-order valence-corrected chi connectivity index (χ3v) is 6.61. The van der Waals surface area contributed by atoms with Crippen LogP contribution in [0.5, 0.6) is 0 Å². The molecule has 0 aliphatic heterocycles. The number of imidazole rings is 1. The van der Waals surface area contributed by atoms with Gasteiger partial charge in [-0.1, -0.05) is 43.5 Å². The number of carbonyl (C=O) groups excluding carboxylic acids is 1. The first-order valence-electron chi connectivity index (χ1n) is 13.2. The number of aromatic nitrogens is 5. The van der Waals surface area contributed by atoms with Gasteiger partial charge in [0.1, 0.15) is 0 Å². The van der Waals surface area contributed by atoms with Crippen LogP contribution in [0.2, 0.25) is 0 Å². The molecular formula is C27H39N7O. The minimum absolute atomic E-state index is 0.0471. The smallest absolute Gasteiger partial charge is 0.251 e.